The molecule has 1 aromatic heterocycles. The molecule has 0 bridgehead atoms. The molecular formula is C15H11Cl2N3S. The lowest BCUT2D eigenvalue weighted by Gasteiger charge is -2.06. The fraction of sp³-hybridized carbons (Fsp3) is 0.0667. The van der Waals surface area contributed by atoms with Gasteiger partial charge in [0.2, 0.25) is 0 Å². The molecule has 1 heterocycles. The van der Waals surface area contributed by atoms with Crippen molar-refractivity contribution in [3.8, 4) is 5.69 Å². The molecule has 3 nitrogen and oxygen atoms in total. The van der Waals surface area contributed by atoms with Crippen molar-refractivity contribution in [2.45, 2.75) is 10.9 Å². The van der Waals surface area contributed by atoms with Crippen LogP contribution < -0.4 is 0 Å². The Morgan fingerprint density at radius 3 is 2.57 bits per heavy atom. The second kappa shape index (κ2) is 6.52. The highest BCUT2D eigenvalue weighted by molar-refractivity contribution is 7.98. The Balaban J connectivity index is 1.78. The normalized spacial score (nSPS) is 10.8. The van der Waals surface area contributed by atoms with Gasteiger partial charge in [0, 0.05) is 15.8 Å². The first-order valence-electron chi connectivity index (χ1n) is 6.25. The Kier molecular flexibility index (Phi) is 4.48. The molecule has 3 aromatic rings. The van der Waals surface area contributed by atoms with Crippen molar-refractivity contribution in [1.82, 2.24) is 14.8 Å². The summed E-state index contributed by atoms with van der Waals surface area (Å²) in [7, 11) is 0. The highest BCUT2D eigenvalue weighted by Gasteiger charge is 2.08. The molecule has 0 aliphatic heterocycles. The van der Waals surface area contributed by atoms with Gasteiger partial charge >= 0.3 is 0 Å². The summed E-state index contributed by atoms with van der Waals surface area (Å²) in [6.45, 7) is 0. The minimum atomic E-state index is 0.690. The maximum absolute atomic E-state index is 6.03. The lowest BCUT2D eigenvalue weighted by atomic mass is 10.2. The average Bonchev–Trinajstić information content (AvgIpc) is 2.95. The lowest BCUT2D eigenvalue weighted by molar-refractivity contribution is 0.884. The molecule has 0 fully saturated rings. The van der Waals surface area contributed by atoms with E-state index in [0.717, 1.165) is 21.6 Å². The fourth-order valence-electron chi connectivity index (χ4n) is 1.85. The highest BCUT2D eigenvalue weighted by Crippen LogP contribution is 2.25. The monoisotopic (exact) mass is 335 g/mol. The molecule has 0 aliphatic rings. The fourth-order valence-corrected chi connectivity index (χ4v) is 3.05. The lowest BCUT2D eigenvalue weighted by Crippen LogP contribution is -1.95. The third-order valence-corrected chi connectivity index (χ3v) is 4.39. The number of benzene rings is 2. The van der Waals surface area contributed by atoms with Crippen LogP contribution in [-0.2, 0) is 5.75 Å². The van der Waals surface area contributed by atoms with E-state index in [1.165, 1.54) is 5.56 Å². The summed E-state index contributed by atoms with van der Waals surface area (Å²) in [5.74, 6) is 0.802. The Bertz CT molecular complexity index is 741. The number of rotatable bonds is 4. The number of aromatic nitrogens is 3. The van der Waals surface area contributed by atoms with Crippen LogP contribution >= 0.6 is 35.0 Å². The van der Waals surface area contributed by atoms with Gasteiger partial charge in [-0.1, -0.05) is 53.2 Å². The van der Waals surface area contributed by atoms with Crippen LogP contribution in [0.5, 0.6) is 0 Å². The van der Waals surface area contributed by atoms with Crippen molar-refractivity contribution < 1.29 is 0 Å². The van der Waals surface area contributed by atoms with Gasteiger partial charge in [-0.3, -0.25) is 4.57 Å². The summed E-state index contributed by atoms with van der Waals surface area (Å²) >= 11 is 13.5. The van der Waals surface area contributed by atoms with Crippen LogP contribution in [0.1, 0.15) is 5.56 Å². The van der Waals surface area contributed by atoms with Gasteiger partial charge in [0.25, 0.3) is 0 Å². The summed E-state index contributed by atoms with van der Waals surface area (Å²) in [5, 5.41) is 10.4. The van der Waals surface area contributed by atoms with Gasteiger partial charge in [-0.05, 0) is 35.9 Å². The molecule has 0 saturated heterocycles. The molecule has 0 amide bonds. The number of halogens is 2. The Morgan fingerprint density at radius 2 is 1.81 bits per heavy atom. The number of thioether (sulfide) groups is 1. The van der Waals surface area contributed by atoms with Crippen LogP contribution in [0.25, 0.3) is 5.69 Å². The molecule has 2 aromatic carbocycles. The van der Waals surface area contributed by atoms with Gasteiger partial charge in [-0.25, -0.2) is 0 Å². The van der Waals surface area contributed by atoms with E-state index in [9.17, 15) is 0 Å². The predicted molar refractivity (Wildman–Crippen MR) is 87.4 cm³/mol. The van der Waals surface area contributed by atoms with Gasteiger partial charge in [-0.2, -0.15) is 0 Å². The molecule has 0 aliphatic carbocycles. The van der Waals surface area contributed by atoms with Gasteiger partial charge in [-0.15, -0.1) is 10.2 Å². The van der Waals surface area contributed by atoms with E-state index >= 15 is 0 Å². The van der Waals surface area contributed by atoms with Gasteiger partial charge in [0.1, 0.15) is 6.33 Å². The molecule has 0 radical (unpaired) electrons. The third kappa shape index (κ3) is 3.59. The highest BCUT2D eigenvalue weighted by atomic mass is 35.5. The van der Waals surface area contributed by atoms with Crippen molar-refractivity contribution in [2.24, 2.45) is 0 Å². The van der Waals surface area contributed by atoms with Crippen LogP contribution in [0, 0.1) is 0 Å². The zero-order chi connectivity index (χ0) is 14.7. The summed E-state index contributed by atoms with van der Waals surface area (Å²) in [6, 6.07) is 15.4. The molecular weight excluding hydrogens is 325 g/mol. The molecule has 0 atom stereocenters. The standard InChI is InChI=1S/C15H11Cl2N3S/c16-12-6-4-11(5-7-12)9-21-15-19-18-10-20(15)14-3-1-2-13(17)8-14/h1-8,10H,9H2. The Labute approximate surface area is 136 Å². The SMILES string of the molecule is Clc1ccc(CSc2nncn2-c2cccc(Cl)c2)cc1. The van der Waals surface area contributed by atoms with Gasteiger partial charge in [0.15, 0.2) is 5.16 Å². The molecule has 0 N–H and O–H groups in total. The van der Waals surface area contributed by atoms with Crippen molar-refractivity contribution in [1.29, 1.82) is 0 Å². The maximum Gasteiger partial charge on any atom is 0.195 e. The largest absolute Gasteiger partial charge is 0.277 e. The predicted octanol–water partition coefficient (Wildman–Crippen LogP) is 4.87. The van der Waals surface area contributed by atoms with Crippen LogP contribution in [0.2, 0.25) is 10.0 Å². The van der Waals surface area contributed by atoms with E-state index < -0.39 is 0 Å². The van der Waals surface area contributed by atoms with Crippen molar-refractivity contribution in [2.75, 3.05) is 0 Å². The third-order valence-electron chi connectivity index (χ3n) is 2.88. The zero-order valence-corrected chi connectivity index (χ0v) is 13.2. The van der Waals surface area contributed by atoms with E-state index in [2.05, 4.69) is 10.2 Å². The summed E-state index contributed by atoms with van der Waals surface area (Å²) in [5.41, 5.74) is 2.14. The van der Waals surface area contributed by atoms with E-state index in [1.54, 1.807) is 18.1 Å². The van der Waals surface area contributed by atoms with Gasteiger partial charge < -0.3 is 0 Å². The second-order valence-corrected chi connectivity index (χ2v) is 6.19. The number of hydrogen-bond donors (Lipinski definition) is 0. The van der Waals surface area contributed by atoms with E-state index in [-0.39, 0.29) is 0 Å². The Hall–Kier alpha value is -1.49. The maximum atomic E-state index is 6.03. The first-order valence-corrected chi connectivity index (χ1v) is 8.00. The summed E-state index contributed by atoms with van der Waals surface area (Å²) in [6.07, 6.45) is 1.69. The molecule has 106 valence electrons. The smallest absolute Gasteiger partial charge is 0.195 e. The van der Waals surface area contributed by atoms with E-state index in [1.807, 2.05) is 53.1 Å². The van der Waals surface area contributed by atoms with Crippen LogP contribution in [-0.4, -0.2) is 14.8 Å². The second-order valence-electron chi connectivity index (χ2n) is 4.38. The Morgan fingerprint density at radius 1 is 1.00 bits per heavy atom. The summed E-state index contributed by atoms with van der Waals surface area (Å²) in [4.78, 5) is 0. The molecule has 21 heavy (non-hydrogen) atoms. The van der Waals surface area contributed by atoms with Crippen LogP contribution in [0.4, 0.5) is 0 Å². The number of nitrogens with zero attached hydrogens (tertiary/aromatic N) is 3. The van der Waals surface area contributed by atoms with Crippen LogP contribution in [0.3, 0.4) is 0 Å². The number of hydrogen-bond acceptors (Lipinski definition) is 3. The van der Waals surface area contributed by atoms with Crippen molar-refractivity contribution >= 4 is 35.0 Å². The molecule has 0 saturated carbocycles. The molecule has 6 heteroatoms. The first kappa shape index (κ1) is 14.4. The minimum Gasteiger partial charge on any atom is -0.277 e. The van der Waals surface area contributed by atoms with Crippen molar-refractivity contribution in [3.05, 3.63) is 70.5 Å². The van der Waals surface area contributed by atoms with E-state index in [4.69, 9.17) is 23.2 Å². The molecule has 0 spiro atoms. The van der Waals surface area contributed by atoms with Crippen molar-refractivity contribution in [3.63, 3.8) is 0 Å². The average molecular weight is 336 g/mol. The quantitative estimate of drug-likeness (QED) is 0.637. The van der Waals surface area contributed by atoms with Gasteiger partial charge in [0.05, 0.1) is 5.69 Å². The van der Waals surface area contributed by atoms with Crippen LogP contribution in [0.15, 0.2) is 60.0 Å². The zero-order valence-electron chi connectivity index (χ0n) is 10.9. The first-order chi connectivity index (χ1) is 10.2. The molecule has 3 rings (SSSR count). The molecule has 0 unspecified atom stereocenters. The topological polar surface area (TPSA) is 30.7 Å². The van der Waals surface area contributed by atoms with E-state index in [0.29, 0.717) is 5.02 Å². The minimum absolute atomic E-state index is 0.690. The summed E-state index contributed by atoms with van der Waals surface area (Å²) < 4.78 is 1.92.